The summed E-state index contributed by atoms with van der Waals surface area (Å²) in [6.45, 7) is 3.03. The molecule has 25 heavy (non-hydrogen) atoms. The van der Waals surface area contributed by atoms with Gasteiger partial charge in [0, 0.05) is 6.61 Å². The van der Waals surface area contributed by atoms with Crippen LogP contribution in [0.2, 0.25) is 0 Å². The summed E-state index contributed by atoms with van der Waals surface area (Å²) >= 11 is 0. The molecule has 1 heterocycles. The van der Waals surface area contributed by atoms with Crippen LogP contribution in [0.5, 0.6) is 0 Å². The van der Waals surface area contributed by atoms with Gasteiger partial charge in [0.25, 0.3) is 0 Å². The molecule has 1 aliphatic rings. The summed E-state index contributed by atoms with van der Waals surface area (Å²) in [5.74, 6) is 0. The van der Waals surface area contributed by atoms with E-state index in [-0.39, 0.29) is 13.2 Å². The summed E-state index contributed by atoms with van der Waals surface area (Å²) in [5, 5.41) is 28.9. The fourth-order valence-corrected chi connectivity index (χ4v) is 3.02. The Morgan fingerprint density at radius 2 is 1.64 bits per heavy atom. The molecule has 0 unspecified atom stereocenters. The summed E-state index contributed by atoms with van der Waals surface area (Å²) in [5.41, 5.74) is 0. The third-order valence-electron chi connectivity index (χ3n) is 4.64. The molecular formula is C20H38O5. The average molecular weight is 359 g/mol. The van der Waals surface area contributed by atoms with E-state index in [1.54, 1.807) is 0 Å². The zero-order chi connectivity index (χ0) is 18.3. The Morgan fingerprint density at radius 3 is 2.28 bits per heavy atom. The fraction of sp³-hybridized carbons (Fsp3) is 0.900. The van der Waals surface area contributed by atoms with Crippen LogP contribution in [0.15, 0.2) is 12.2 Å². The van der Waals surface area contributed by atoms with Crippen molar-refractivity contribution in [1.29, 1.82) is 0 Å². The van der Waals surface area contributed by atoms with Crippen molar-refractivity contribution >= 4 is 0 Å². The molecule has 1 saturated heterocycles. The molecule has 0 amide bonds. The highest BCUT2D eigenvalue weighted by atomic mass is 16.5. The lowest BCUT2D eigenvalue weighted by atomic mass is 10.1. The lowest BCUT2D eigenvalue weighted by Gasteiger charge is -2.20. The topological polar surface area (TPSA) is 79.2 Å². The minimum Gasteiger partial charge on any atom is -0.388 e. The molecule has 1 aliphatic heterocycles. The Kier molecular flexibility index (Phi) is 13.3. The molecular weight excluding hydrogens is 320 g/mol. The summed E-state index contributed by atoms with van der Waals surface area (Å²) in [4.78, 5) is 0. The predicted molar refractivity (Wildman–Crippen MR) is 99.6 cm³/mol. The molecule has 3 N–H and O–H groups in total. The first-order chi connectivity index (χ1) is 12.2. The van der Waals surface area contributed by atoms with E-state index in [0.717, 1.165) is 12.8 Å². The molecule has 0 spiro atoms. The summed E-state index contributed by atoms with van der Waals surface area (Å²) in [6, 6.07) is 0. The maximum atomic E-state index is 9.90. The first-order valence-electron chi connectivity index (χ1n) is 10.0. The van der Waals surface area contributed by atoms with Crippen LogP contribution in [0, 0.1) is 0 Å². The van der Waals surface area contributed by atoms with Crippen molar-refractivity contribution in [2.24, 2.45) is 0 Å². The molecule has 1 rings (SSSR count). The molecule has 0 saturated carbocycles. The highest BCUT2D eigenvalue weighted by Crippen LogP contribution is 2.18. The minimum atomic E-state index is -1.03. The van der Waals surface area contributed by atoms with Crippen molar-refractivity contribution in [2.75, 3.05) is 19.8 Å². The molecule has 5 heteroatoms. The summed E-state index contributed by atoms with van der Waals surface area (Å²) in [7, 11) is 0. The van der Waals surface area contributed by atoms with Gasteiger partial charge >= 0.3 is 0 Å². The van der Waals surface area contributed by atoms with Gasteiger partial charge in [0.2, 0.25) is 0 Å². The van der Waals surface area contributed by atoms with Crippen LogP contribution in [-0.2, 0) is 9.47 Å². The first-order valence-corrected chi connectivity index (χ1v) is 10.0. The molecule has 1 fully saturated rings. The molecule has 0 bridgehead atoms. The second-order valence-electron chi connectivity index (χ2n) is 7.02. The predicted octanol–water partition coefficient (Wildman–Crippen LogP) is 2.96. The molecule has 0 aromatic carbocycles. The standard InChI is InChI=1S/C20H38O5/c1-2-3-4-5-6-7-8-9-10-11-12-13-14-24-15-18(22)20-19(23)17(21)16-25-20/h4-5,17-23H,2-3,6-16H2,1H3/b5-4+/t17-,18+,19-,20-/m1/s1. The Labute approximate surface area is 153 Å². The quantitative estimate of drug-likeness (QED) is 0.310. The van der Waals surface area contributed by atoms with Crippen LogP contribution in [0.25, 0.3) is 0 Å². The number of rotatable bonds is 15. The normalized spacial score (nSPS) is 25.0. The lowest BCUT2D eigenvalue weighted by molar-refractivity contribution is -0.0813. The Bertz CT molecular complexity index is 334. The Balaban J connectivity index is 1.83. The van der Waals surface area contributed by atoms with Gasteiger partial charge < -0.3 is 24.8 Å². The largest absolute Gasteiger partial charge is 0.388 e. The van der Waals surface area contributed by atoms with Crippen LogP contribution < -0.4 is 0 Å². The molecule has 0 aromatic rings. The van der Waals surface area contributed by atoms with Gasteiger partial charge in [-0.05, 0) is 25.7 Å². The van der Waals surface area contributed by atoms with Gasteiger partial charge in [0.05, 0.1) is 13.2 Å². The summed E-state index contributed by atoms with van der Waals surface area (Å²) < 4.78 is 10.6. The monoisotopic (exact) mass is 358 g/mol. The third-order valence-corrected chi connectivity index (χ3v) is 4.64. The van der Waals surface area contributed by atoms with Gasteiger partial charge in [-0.3, -0.25) is 0 Å². The number of hydrogen-bond acceptors (Lipinski definition) is 5. The highest BCUT2D eigenvalue weighted by molar-refractivity contribution is 4.87. The third kappa shape index (κ3) is 10.3. The van der Waals surface area contributed by atoms with Crippen LogP contribution in [0.3, 0.4) is 0 Å². The maximum Gasteiger partial charge on any atom is 0.114 e. The van der Waals surface area contributed by atoms with E-state index in [2.05, 4.69) is 19.1 Å². The van der Waals surface area contributed by atoms with Gasteiger partial charge in [-0.15, -0.1) is 0 Å². The van der Waals surface area contributed by atoms with E-state index in [0.29, 0.717) is 6.61 Å². The van der Waals surface area contributed by atoms with Gasteiger partial charge in [-0.2, -0.15) is 0 Å². The molecule has 0 radical (unpaired) electrons. The number of unbranched alkanes of at least 4 members (excludes halogenated alkanes) is 8. The van der Waals surface area contributed by atoms with Gasteiger partial charge in [-0.1, -0.05) is 57.6 Å². The van der Waals surface area contributed by atoms with Crippen LogP contribution in [0.1, 0.15) is 71.1 Å². The van der Waals surface area contributed by atoms with Crippen LogP contribution >= 0.6 is 0 Å². The summed E-state index contributed by atoms with van der Waals surface area (Å²) in [6.07, 6.45) is 13.2. The van der Waals surface area contributed by atoms with Gasteiger partial charge in [-0.25, -0.2) is 0 Å². The zero-order valence-corrected chi connectivity index (χ0v) is 15.8. The average Bonchev–Trinajstić information content (AvgIpc) is 2.94. The van der Waals surface area contributed by atoms with E-state index < -0.39 is 24.4 Å². The Hall–Kier alpha value is -0.460. The first kappa shape index (κ1) is 22.6. The van der Waals surface area contributed by atoms with Crippen LogP contribution in [0.4, 0.5) is 0 Å². The van der Waals surface area contributed by atoms with E-state index >= 15 is 0 Å². The molecule has 5 nitrogen and oxygen atoms in total. The number of aliphatic hydroxyl groups is 3. The van der Waals surface area contributed by atoms with Crippen molar-refractivity contribution in [3.8, 4) is 0 Å². The second kappa shape index (κ2) is 14.7. The maximum absolute atomic E-state index is 9.90. The lowest BCUT2D eigenvalue weighted by Crippen LogP contribution is -2.40. The second-order valence-corrected chi connectivity index (χ2v) is 7.02. The van der Waals surface area contributed by atoms with Crippen molar-refractivity contribution < 1.29 is 24.8 Å². The van der Waals surface area contributed by atoms with E-state index in [1.165, 1.54) is 51.4 Å². The zero-order valence-electron chi connectivity index (χ0n) is 15.8. The molecule has 148 valence electrons. The molecule has 0 aromatic heterocycles. The number of hydrogen-bond donors (Lipinski definition) is 3. The van der Waals surface area contributed by atoms with Gasteiger partial charge in [0.15, 0.2) is 0 Å². The fourth-order valence-electron chi connectivity index (χ4n) is 3.02. The van der Waals surface area contributed by atoms with E-state index in [4.69, 9.17) is 9.47 Å². The Morgan fingerprint density at radius 1 is 1.00 bits per heavy atom. The van der Waals surface area contributed by atoms with Crippen molar-refractivity contribution in [3.63, 3.8) is 0 Å². The van der Waals surface area contributed by atoms with Gasteiger partial charge in [0.1, 0.15) is 24.4 Å². The smallest absolute Gasteiger partial charge is 0.114 e. The molecule has 4 atom stereocenters. The SMILES string of the molecule is CCC/C=C/CCCCCCCCCOC[C@H](O)[C@H]1OC[C@@H](O)[C@H]1O. The minimum absolute atomic E-state index is 0.0674. The number of aliphatic hydroxyl groups excluding tert-OH is 3. The van der Waals surface area contributed by atoms with Crippen molar-refractivity contribution in [3.05, 3.63) is 12.2 Å². The number of allylic oxidation sites excluding steroid dienone is 2. The number of ether oxygens (including phenoxy) is 2. The van der Waals surface area contributed by atoms with Crippen LogP contribution in [-0.4, -0.2) is 59.6 Å². The van der Waals surface area contributed by atoms with E-state index in [1.807, 2.05) is 0 Å². The van der Waals surface area contributed by atoms with Crippen molar-refractivity contribution in [1.82, 2.24) is 0 Å². The van der Waals surface area contributed by atoms with Crippen molar-refractivity contribution in [2.45, 2.75) is 95.5 Å². The van der Waals surface area contributed by atoms with E-state index in [9.17, 15) is 15.3 Å². The highest BCUT2D eigenvalue weighted by Gasteiger charge is 2.39. The molecule has 0 aliphatic carbocycles.